The van der Waals surface area contributed by atoms with E-state index in [9.17, 15) is 9.59 Å². The fraction of sp³-hybridized carbons (Fsp3) is 0.267. The van der Waals surface area contributed by atoms with Gasteiger partial charge in [-0.3, -0.25) is 9.59 Å². The van der Waals surface area contributed by atoms with Gasteiger partial charge in [0.1, 0.15) is 11.2 Å². The number of hydrogen-bond acceptors (Lipinski definition) is 4. The number of para-hydroxylation sites is 1. The van der Waals surface area contributed by atoms with Crippen LogP contribution in [0, 0.1) is 0 Å². The van der Waals surface area contributed by atoms with Crippen LogP contribution in [0.15, 0.2) is 36.4 Å². The van der Waals surface area contributed by atoms with Crippen molar-refractivity contribution in [2.24, 2.45) is 5.73 Å². The van der Waals surface area contributed by atoms with E-state index in [1.807, 2.05) is 30.3 Å². The first-order chi connectivity index (χ1) is 9.99. The second kappa shape index (κ2) is 4.82. The number of fused-ring (bicyclic) bond motifs is 1. The SMILES string of the molecule is NC1(C(=O)O)CCN(C(=O)c2ccc3ccccc3n2)C1. The normalized spacial score (nSPS) is 21.7. The highest BCUT2D eigenvalue weighted by atomic mass is 16.4. The molecule has 108 valence electrons. The number of nitrogens with zero attached hydrogens (tertiary/aromatic N) is 2. The van der Waals surface area contributed by atoms with Gasteiger partial charge in [0.25, 0.3) is 5.91 Å². The van der Waals surface area contributed by atoms with Crippen LogP contribution in [0.5, 0.6) is 0 Å². The highest BCUT2D eigenvalue weighted by Crippen LogP contribution is 2.21. The molecule has 1 saturated heterocycles. The minimum Gasteiger partial charge on any atom is -0.480 e. The summed E-state index contributed by atoms with van der Waals surface area (Å²) in [5, 5.41) is 10.1. The summed E-state index contributed by atoms with van der Waals surface area (Å²) in [6.45, 7) is 0.339. The molecule has 1 amide bonds. The van der Waals surface area contributed by atoms with Gasteiger partial charge in [-0.1, -0.05) is 24.3 Å². The summed E-state index contributed by atoms with van der Waals surface area (Å²) < 4.78 is 0. The van der Waals surface area contributed by atoms with Gasteiger partial charge in [0.05, 0.1) is 5.52 Å². The van der Waals surface area contributed by atoms with E-state index < -0.39 is 11.5 Å². The number of benzene rings is 1. The number of amides is 1. The lowest BCUT2D eigenvalue weighted by atomic mass is 10.0. The first-order valence-electron chi connectivity index (χ1n) is 6.67. The molecule has 1 aromatic heterocycles. The predicted octanol–water partition coefficient (Wildman–Crippen LogP) is 0.863. The molecule has 1 atom stereocenters. The number of nitrogens with two attached hydrogens (primary N) is 1. The van der Waals surface area contributed by atoms with Gasteiger partial charge in [0.2, 0.25) is 0 Å². The molecule has 1 aliphatic rings. The Morgan fingerprint density at radius 2 is 2.00 bits per heavy atom. The topological polar surface area (TPSA) is 96.5 Å². The second-order valence-electron chi connectivity index (χ2n) is 5.33. The van der Waals surface area contributed by atoms with Crippen molar-refractivity contribution in [3.63, 3.8) is 0 Å². The van der Waals surface area contributed by atoms with Gasteiger partial charge in [-0.05, 0) is 18.6 Å². The minimum absolute atomic E-state index is 0.00960. The second-order valence-corrected chi connectivity index (χ2v) is 5.33. The Morgan fingerprint density at radius 1 is 1.24 bits per heavy atom. The van der Waals surface area contributed by atoms with Gasteiger partial charge >= 0.3 is 5.97 Å². The van der Waals surface area contributed by atoms with Crippen molar-refractivity contribution in [3.05, 3.63) is 42.1 Å². The van der Waals surface area contributed by atoms with Crippen molar-refractivity contribution in [2.75, 3.05) is 13.1 Å². The van der Waals surface area contributed by atoms with Crippen molar-refractivity contribution in [2.45, 2.75) is 12.0 Å². The molecule has 0 spiro atoms. The van der Waals surface area contributed by atoms with Crippen molar-refractivity contribution < 1.29 is 14.7 Å². The zero-order valence-electron chi connectivity index (χ0n) is 11.3. The molecule has 2 heterocycles. The zero-order valence-corrected chi connectivity index (χ0v) is 11.3. The lowest BCUT2D eigenvalue weighted by Crippen LogP contribution is -2.50. The van der Waals surface area contributed by atoms with Crippen molar-refractivity contribution >= 4 is 22.8 Å². The van der Waals surface area contributed by atoms with Crippen LogP contribution < -0.4 is 5.73 Å². The smallest absolute Gasteiger partial charge is 0.325 e. The lowest BCUT2D eigenvalue weighted by molar-refractivity contribution is -0.142. The minimum atomic E-state index is -1.35. The lowest BCUT2D eigenvalue weighted by Gasteiger charge is -2.19. The quantitative estimate of drug-likeness (QED) is 0.853. The van der Waals surface area contributed by atoms with E-state index in [1.165, 1.54) is 4.90 Å². The van der Waals surface area contributed by atoms with Crippen LogP contribution in [0.2, 0.25) is 0 Å². The van der Waals surface area contributed by atoms with E-state index >= 15 is 0 Å². The number of carboxylic acids is 1. The molecule has 0 saturated carbocycles. The molecule has 3 N–H and O–H groups in total. The van der Waals surface area contributed by atoms with Gasteiger partial charge < -0.3 is 15.7 Å². The van der Waals surface area contributed by atoms with Crippen molar-refractivity contribution in [1.82, 2.24) is 9.88 Å². The summed E-state index contributed by atoms with van der Waals surface area (Å²) in [4.78, 5) is 29.3. The number of rotatable bonds is 2. The van der Waals surface area contributed by atoms with Crippen LogP contribution in [-0.4, -0.2) is 45.5 Å². The van der Waals surface area contributed by atoms with Gasteiger partial charge in [-0.2, -0.15) is 0 Å². The summed E-state index contributed by atoms with van der Waals surface area (Å²) in [5.41, 5.74) is 5.47. The average Bonchev–Trinajstić information content (AvgIpc) is 2.90. The first-order valence-corrected chi connectivity index (χ1v) is 6.67. The summed E-state index contributed by atoms with van der Waals surface area (Å²) in [6, 6.07) is 11.0. The third kappa shape index (κ3) is 2.34. The van der Waals surface area contributed by atoms with Crippen molar-refractivity contribution in [1.29, 1.82) is 0 Å². The number of aliphatic carboxylic acids is 1. The summed E-state index contributed by atoms with van der Waals surface area (Å²) >= 11 is 0. The Morgan fingerprint density at radius 3 is 2.71 bits per heavy atom. The molecule has 0 bridgehead atoms. The number of carbonyl (C=O) groups is 2. The highest BCUT2D eigenvalue weighted by Gasteiger charge is 2.43. The van der Waals surface area contributed by atoms with Gasteiger partial charge in [-0.15, -0.1) is 0 Å². The van der Waals surface area contributed by atoms with E-state index in [0.29, 0.717) is 12.2 Å². The number of pyridine rings is 1. The molecule has 0 radical (unpaired) electrons. The number of likely N-dealkylation sites (tertiary alicyclic amines) is 1. The summed E-state index contributed by atoms with van der Waals surface area (Å²) in [6.07, 6.45) is 0.252. The summed E-state index contributed by atoms with van der Waals surface area (Å²) in [5.74, 6) is -1.36. The highest BCUT2D eigenvalue weighted by molar-refractivity contribution is 5.96. The van der Waals surface area contributed by atoms with Crippen LogP contribution in [-0.2, 0) is 4.79 Å². The molecule has 1 aliphatic heterocycles. The molecule has 21 heavy (non-hydrogen) atoms. The van der Waals surface area contributed by atoms with E-state index in [-0.39, 0.29) is 18.9 Å². The zero-order chi connectivity index (χ0) is 15.0. The third-order valence-corrected chi connectivity index (χ3v) is 3.83. The predicted molar refractivity (Wildman–Crippen MR) is 76.8 cm³/mol. The van der Waals surface area contributed by atoms with Crippen molar-refractivity contribution in [3.8, 4) is 0 Å². The number of aromatic nitrogens is 1. The van der Waals surface area contributed by atoms with E-state index in [0.717, 1.165) is 10.9 Å². The van der Waals surface area contributed by atoms with Gasteiger partial charge in [0, 0.05) is 18.5 Å². The first kappa shape index (κ1) is 13.5. The van der Waals surface area contributed by atoms with Gasteiger partial charge in [-0.25, -0.2) is 4.98 Å². The molecule has 6 nitrogen and oxygen atoms in total. The van der Waals surface area contributed by atoms with E-state index in [2.05, 4.69) is 4.98 Å². The van der Waals surface area contributed by atoms with E-state index in [4.69, 9.17) is 10.8 Å². The van der Waals surface area contributed by atoms with E-state index in [1.54, 1.807) is 6.07 Å². The van der Waals surface area contributed by atoms with Crippen LogP contribution in [0.1, 0.15) is 16.9 Å². The number of carboxylic acid groups (broad SMARTS) is 1. The van der Waals surface area contributed by atoms with Crippen LogP contribution in [0.25, 0.3) is 10.9 Å². The molecule has 6 heteroatoms. The molecule has 3 rings (SSSR count). The molecular formula is C15H15N3O3. The molecule has 1 fully saturated rings. The molecule has 2 aromatic rings. The Kier molecular flexibility index (Phi) is 3.10. The maximum atomic E-state index is 12.4. The summed E-state index contributed by atoms with van der Waals surface area (Å²) in [7, 11) is 0. The molecular weight excluding hydrogens is 270 g/mol. The molecule has 0 aliphatic carbocycles. The maximum Gasteiger partial charge on any atom is 0.325 e. The monoisotopic (exact) mass is 285 g/mol. The Balaban J connectivity index is 1.86. The van der Waals surface area contributed by atoms with Crippen LogP contribution in [0.4, 0.5) is 0 Å². The molecule has 1 unspecified atom stereocenters. The maximum absolute atomic E-state index is 12.4. The molecule has 1 aromatic carbocycles. The largest absolute Gasteiger partial charge is 0.480 e. The Hall–Kier alpha value is -2.47. The average molecular weight is 285 g/mol. The Labute approximate surface area is 121 Å². The standard InChI is InChI=1S/C15H15N3O3/c16-15(14(20)21)7-8-18(9-15)13(19)12-6-5-10-3-1-2-4-11(10)17-12/h1-6H,7-9,16H2,(H,20,21). The fourth-order valence-corrected chi connectivity index (χ4v) is 2.53. The van der Waals surface area contributed by atoms with Gasteiger partial charge in [0.15, 0.2) is 0 Å². The number of hydrogen-bond donors (Lipinski definition) is 2. The van der Waals surface area contributed by atoms with Crippen LogP contribution in [0.3, 0.4) is 0 Å². The third-order valence-electron chi connectivity index (χ3n) is 3.83. The number of carbonyl (C=O) groups excluding carboxylic acids is 1. The fourth-order valence-electron chi connectivity index (χ4n) is 2.53. The Bertz CT molecular complexity index is 731. The van der Waals surface area contributed by atoms with Crippen LogP contribution >= 0.6 is 0 Å².